The molecule has 0 aliphatic carbocycles. The van der Waals surface area contributed by atoms with Gasteiger partial charge in [0.1, 0.15) is 23.0 Å². The maximum absolute atomic E-state index is 12.5. The minimum Gasteiger partial charge on any atom is -0.443 e. The fraction of sp³-hybridized carbons (Fsp3) is 0.333. The van der Waals surface area contributed by atoms with E-state index in [1.807, 2.05) is 19.1 Å². The van der Waals surface area contributed by atoms with Crippen LogP contribution in [0.4, 0.5) is 0 Å². The number of nitriles is 1. The van der Waals surface area contributed by atoms with Crippen molar-refractivity contribution in [2.75, 3.05) is 19.7 Å². The number of carbonyl (C=O) groups is 1. The molecule has 0 aromatic carbocycles. The van der Waals surface area contributed by atoms with E-state index in [4.69, 9.17) is 9.52 Å². The normalized spacial score (nSPS) is 10.4. The Balaban J connectivity index is 2.50. The second-order valence-corrected chi connectivity index (χ2v) is 4.52. The molecule has 0 aliphatic heterocycles. The van der Waals surface area contributed by atoms with E-state index < -0.39 is 0 Å². The van der Waals surface area contributed by atoms with Crippen molar-refractivity contribution in [3.05, 3.63) is 41.4 Å². The molecule has 21 heavy (non-hydrogen) atoms. The van der Waals surface area contributed by atoms with Crippen LogP contribution in [0, 0.1) is 18.3 Å². The van der Waals surface area contributed by atoms with Gasteiger partial charge in [0.25, 0.3) is 5.91 Å². The van der Waals surface area contributed by atoms with Gasteiger partial charge in [-0.15, -0.1) is 0 Å². The molecule has 0 radical (unpaired) electrons. The molecule has 0 saturated heterocycles. The summed E-state index contributed by atoms with van der Waals surface area (Å²) in [6, 6.07) is 5.67. The molecular formula is C15H17N3O3. The number of rotatable bonds is 5. The van der Waals surface area contributed by atoms with Gasteiger partial charge in [-0.2, -0.15) is 5.26 Å². The lowest BCUT2D eigenvalue weighted by Gasteiger charge is -2.19. The molecule has 2 aromatic rings. The van der Waals surface area contributed by atoms with Gasteiger partial charge in [-0.1, -0.05) is 0 Å². The number of carbonyl (C=O) groups excluding carboxylic acids is 1. The minimum atomic E-state index is -0.303. The third-order valence-electron chi connectivity index (χ3n) is 3.27. The predicted octanol–water partition coefficient (Wildman–Crippen LogP) is 1.70. The Morgan fingerprint density at radius 1 is 1.48 bits per heavy atom. The summed E-state index contributed by atoms with van der Waals surface area (Å²) in [5.74, 6) is 0.433. The zero-order chi connectivity index (χ0) is 15.4. The molecule has 0 spiro atoms. The first kappa shape index (κ1) is 14.9. The Kier molecular flexibility index (Phi) is 4.45. The van der Waals surface area contributed by atoms with E-state index in [1.165, 1.54) is 4.90 Å². The van der Waals surface area contributed by atoms with Crippen molar-refractivity contribution >= 4 is 5.91 Å². The fourth-order valence-corrected chi connectivity index (χ4v) is 2.23. The number of nitrogens with zero attached hydrogens (tertiary/aromatic N) is 3. The van der Waals surface area contributed by atoms with Crippen molar-refractivity contribution in [2.24, 2.45) is 0 Å². The third kappa shape index (κ3) is 2.69. The molecule has 0 atom stereocenters. The summed E-state index contributed by atoms with van der Waals surface area (Å²) < 4.78 is 7.26. The molecule has 0 aliphatic rings. The van der Waals surface area contributed by atoms with Gasteiger partial charge in [0.2, 0.25) is 5.88 Å². The molecule has 110 valence electrons. The molecule has 0 bridgehead atoms. The molecule has 0 unspecified atom stereocenters. The number of hydrogen-bond acceptors (Lipinski definition) is 4. The van der Waals surface area contributed by atoms with Crippen molar-refractivity contribution < 1.29 is 14.3 Å². The van der Waals surface area contributed by atoms with Gasteiger partial charge in [-0.25, -0.2) is 0 Å². The molecule has 1 amide bonds. The van der Waals surface area contributed by atoms with Gasteiger partial charge in [-0.05, 0) is 26.0 Å². The van der Waals surface area contributed by atoms with Crippen LogP contribution >= 0.6 is 0 Å². The fourth-order valence-electron chi connectivity index (χ4n) is 2.23. The summed E-state index contributed by atoms with van der Waals surface area (Å²) in [7, 11) is 0. The number of aliphatic hydroxyl groups is 1. The Bertz CT molecular complexity index is 665. The summed E-state index contributed by atoms with van der Waals surface area (Å²) >= 11 is 0. The third-order valence-corrected chi connectivity index (χ3v) is 3.27. The van der Waals surface area contributed by atoms with Gasteiger partial charge >= 0.3 is 0 Å². The summed E-state index contributed by atoms with van der Waals surface area (Å²) in [5.41, 5.74) is 0.474. The number of hydrogen-bond donors (Lipinski definition) is 1. The van der Waals surface area contributed by atoms with Crippen molar-refractivity contribution in [3.8, 4) is 12.0 Å². The standard InChI is InChI=1S/C15H17N3O3/c1-3-17(8-9-19)14(20)13-11(2)21-15(12(13)10-16)18-6-4-5-7-18/h4-7,19H,3,8-9H2,1-2H3. The minimum absolute atomic E-state index is 0.122. The highest BCUT2D eigenvalue weighted by Gasteiger charge is 2.27. The highest BCUT2D eigenvalue weighted by atomic mass is 16.4. The number of aryl methyl sites for hydroxylation is 1. The average Bonchev–Trinajstić information content (AvgIpc) is 3.10. The molecule has 0 saturated carbocycles. The second kappa shape index (κ2) is 6.29. The summed E-state index contributed by atoms with van der Waals surface area (Å²) in [5, 5.41) is 18.4. The van der Waals surface area contributed by atoms with E-state index in [9.17, 15) is 10.1 Å². The van der Waals surface area contributed by atoms with Crippen LogP contribution in [0.5, 0.6) is 0 Å². The SMILES string of the molecule is CCN(CCO)C(=O)c1c(C)oc(-n2cccc2)c1C#N. The van der Waals surface area contributed by atoms with E-state index in [0.717, 1.165) is 0 Å². The zero-order valence-corrected chi connectivity index (χ0v) is 12.0. The number of aliphatic hydroxyl groups excluding tert-OH is 1. The van der Waals surface area contributed by atoms with Gasteiger partial charge in [-0.3, -0.25) is 9.36 Å². The molecule has 6 heteroatoms. The lowest BCUT2D eigenvalue weighted by atomic mass is 10.1. The van der Waals surface area contributed by atoms with E-state index in [1.54, 1.807) is 23.9 Å². The van der Waals surface area contributed by atoms with Gasteiger partial charge in [0, 0.05) is 25.5 Å². The Labute approximate surface area is 122 Å². The van der Waals surface area contributed by atoms with Crippen molar-refractivity contribution in [1.82, 2.24) is 9.47 Å². The van der Waals surface area contributed by atoms with E-state index in [-0.39, 0.29) is 30.2 Å². The highest BCUT2D eigenvalue weighted by molar-refractivity contribution is 5.98. The monoisotopic (exact) mass is 287 g/mol. The molecule has 6 nitrogen and oxygen atoms in total. The van der Waals surface area contributed by atoms with E-state index in [0.29, 0.717) is 18.2 Å². The van der Waals surface area contributed by atoms with Crippen LogP contribution in [0.1, 0.15) is 28.6 Å². The smallest absolute Gasteiger partial charge is 0.258 e. The Hall–Kier alpha value is -2.52. The molecule has 0 fully saturated rings. The van der Waals surface area contributed by atoms with Crippen LogP contribution in [0.25, 0.3) is 5.88 Å². The molecule has 2 heterocycles. The van der Waals surface area contributed by atoms with Crippen LogP contribution in [0.3, 0.4) is 0 Å². The van der Waals surface area contributed by atoms with Crippen molar-refractivity contribution in [3.63, 3.8) is 0 Å². The largest absolute Gasteiger partial charge is 0.443 e. The maximum atomic E-state index is 12.5. The first-order valence-corrected chi connectivity index (χ1v) is 6.71. The lowest BCUT2D eigenvalue weighted by Crippen LogP contribution is -2.33. The number of furan rings is 1. The Morgan fingerprint density at radius 3 is 2.67 bits per heavy atom. The molecular weight excluding hydrogens is 270 g/mol. The average molecular weight is 287 g/mol. The first-order chi connectivity index (χ1) is 10.1. The quantitative estimate of drug-likeness (QED) is 0.907. The van der Waals surface area contributed by atoms with Gasteiger partial charge in [0.15, 0.2) is 0 Å². The number of aromatic nitrogens is 1. The summed E-state index contributed by atoms with van der Waals surface area (Å²) in [6.45, 7) is 4.04. The number of amides is 1. The van der Waals surface area contributed by atoms with E-state index >= 15 is 0 Å². The molecule has 1 N–H and O–H groups in total. The van der Waals surface area contributed by atoms with E-state index in [2.05, 4.69) is 6.07 Å². The molecule has 2 rings (SSSR count). The first-order valence-electron chi connectivity index (χ1n) is 6.71. The topological polar surface area (TPSA) is 82.4 Å². The van der Waals surface area contributed by atoms with Crippen molar-refractivity contribution in [2.45, 2.75) is 13.8 Å². The van der Waals surface area contributed by atoms with Crippen molar-refractivity contribution in [1.29, 1.82) is 5.26 Å². The van der Waals surface area contributed by atoms with Gasteiger partial charge in [0.05, 0.1) is 6.61 Å². The van der Waals surface area contributed by atoms with Crippen LogP contribution in [-0.4, -0.2) is 40.2 Å². The van der Waals surface area contributed by atoms with Crippen LogP contribution in [-0.2, 0) is 0 Å². The van der Waals surface area contributed by atoms with Crippen LogP contribution < -0.4 is 0 Å². The highest BCUT2D eigenvalue weighted by Crippen LogP contribution is 2.26. The zero-order valence-electron chi connectivity index (χ0n) is 12.0. The second-order valence-electron chi connectivity index (χ2n) is 4.52. The summed E-state index contributed by atoms with van der Waals surface area (Å²) in [6.07, 6.45) is 3.50. The maximum Gasteiger partial charge on any atom is 0.258 e. The Morgan fingerprint density at radius 2 is 2.14 bits per heavy atom. The number of likely N-dealkylation sites (N-methyl/N-ethyl adjacent to an activating group) is 1. The van der Waals surface area contributed by atoms with Crippen LogP contribution in [0.2, 0.25) is 0 Å². The lowest BCUT2D eigenvalue weighted by molar-refractivity contribution is 0.0730. The molecule has 2 aromatic heterocycles. The summed E-state index contributed by atoms with van der Waals surface area (Å²) in [4.78, 5) is 14.0. The van der Waals surface area contributed by atoms with Gasteiger partial charge < -0.3 is 14.4 Å². The van der Waals surface area contributed by atoms with Crippen LogP contribution in [0.15, 0.2) is 28.9 Å². The predicted molar refractivity (Wildman–Crippen MR) is 76.2 cm³/mol.